The van der Waals surface area contributed by atoms with Crippen LogP contribution in [0, 0.1) is 11.8 Å². The molecule has 2 N–H and O–H groups in total. The molecule has 108 valence electrons. The summed E-state index contributed by atoms with van der Waals surface area (Å²) in [4.78, 5) is 0. The number of rotatable bonds is 4. The summed E-state index contributed by atoms with van der Waals surface area (Å²) in [7, 11) is 1.70. The number of hydrogen-bond acceptors (Lipinski definition) is 3. The van der Waals surface area contributed by atoms with Crippen LogP contribution in [0.3, 0.4) is 0 Å². The molecule has 1 aliphatic rings. The number of aromatic nitrogens is 2. The van der Waals surface area contributed by atoms with Crippen molar-refractivity contribution in [1.82, 2.24) is 9.78 Å². The van der Waals surface area contributed by atoms with E-state index in [1.54, 1.807) is 13.3 Å². The molecule has 1 aromatic heterocycles. The highest BCUT2D eigenvalue weighted by Gasteiger charge is 2.29. The third-order valence-corrected chi connectivity index (χ3v) is 4.39. The summed E-state index contributed by atoms with van der Waals surface area (Å²) in [6, 6.07) is 0.347. The van der Waals surface area contributed by atoms with Crippen molar-refractivity contribution in [2.75, 3.05) is 7.11 Å². The topological polar surface area (TPSA) is 53.1 Å². The fraction of sp³-hybridized carbons (Fsp3) is 0.800. The Balaban J connectivity index is 2.22. The van der Waals surface area contributed by atoms with Gasteiger partial charge in [-0.2, -0.15) is 5.10 Å². The highest BCUT2D eigenvalue weighted by atomic mass is 16.5. The lowest BCUT2D eigenvalue weighted by Crippen LogP contribution is -2.28. The summed E-state index contributed by atoms with van der Waals surface area (Å²) < 4.78 is 7.46. The zero-order valence-corrected chi connectivity index (χ0v) is 12.6. The van der Waals surface area contributed by atoms with Gasteiger partial charge in [0.2, 0.25) is 0 Å². The number of nitrogens with two attached hydrogens (primary N) is 1. The molecule has 4 heteroatoms. The maximum Gasteiger partial charge on any atom is 0.161 e. The normalized spacial score (nSPS) is 25.6. The van der Waals surface area contributed by atoms with Crippen LogP contribution in [0.15, 0.2) is 6.20 Å². The summed E-state index contributed by atoms with van der Waals surface area (Å²) in [5.41, 5.74) is 7.60. The van der Waals surface area contributed by atoms with Crippen LogP contribution < -0.4 is 10.5 Å². The van der Waals surface area contributed by atoms with Crippen LogP contribution in [0.1, 0.15) is 64.2 Å². The molecule has 1 atom stereocenters. The molecule has 0 bridgehead atoms. The summed E-state index contributed by atoms with van der Waals surface area (Å²) in [6.07, 6.45) is 6.80. The number of methoxy groups -OCH3 is 1. The second kappa shape index (κ2) is 5.95. The molecule has 1 fully saturated rings. The maximum absolute atomic E-state index is 6.53. The van der Waals surface area contributed by atoms with Gasteiger partial charge in [0, 0.05) is 6.04 Å². The fourth-order valence-electron chi connectivity index (χ4n) is 3.11. The molecule has 0 aliphatic heterocycles. The minimum absolute atomic E-state index is 0.0346. The highest BCUT2D eigenvalue weighted by Crippen LogP contribution is 2.38. The third-order valence-electron chi connectivity index (χ3n) is 4.39. The van der Waals surface area contributed by atoms with Crippen molar-refractivity contribution in [3.05, 3.63) is 11.9 Å². The molecule has 0 amide bonds. The van der Waals surface area contributed by atoms with E-state index in [0.717, 1.165) is 17.4 Å². The molecule has 0 saturated heterocycles. The van der Waals surface area contributed by atoms with Crippen molar-refractivity contribution in [3.8, 4) is 5.75 Å². The Labute approximate surface area is 116 Å². The van der Waals surface area contributed by atoms with Gasteiger partial charge in [-0.05, 0) is 38.5 Å². The van der Waals surface area contributed by atoms with Crippen molar-refractivity contribution in [3.63, 3.8) is 0 Å². The molecule has 1 heterocycles. The van der Waals surface area contributed by atoms with E-state index in [2.05, 4.69) is 25.9 Å². The fourth-order valence-corrected chi connectivity index (χ4v) is 3.11. The Morgan fingerprint density at radius 2 is 1.95 bits per heavy atom. The van der Waals surface area contributed by atoms with Gasteiger partial charge < -0.3 is 10.5 Å². The Morgan fingerprint density at radius 1 is 1.32 bits per heavy atom. The van der Waals surface area contributed by atoms with Crippen molar-refractivity contribution in [1.29, 1.82) is 0 Å². The second-order valence-corrected chi connectivity index (χ2v) is 6.18. The van der Waals surface area contributed by atoms with E-state index in [0.29, 0.717) is 12.0 Å². The standard InChI is InChI=1S/C15H27N3O/c1-10(2)18-15(13(19-4)9-17-18)14(16)12-7-5-11(3)6-8-12/h9-12,14H,5-8,16H2,1-4H3. The minimum atomic E-state index is 0.0346. The van der Waals surface area contributed by atoms with Crippen LogP contribution in [-0.4, -0.2) is 16.9 Å². The monoisotopic (exact) mass is 265 g/mol. The Hall–Kier alpha value is -1.03. The van der Waals surface area contributed by atoms with Gasteiger partial charge in [0.05, 0.1) is 25.0 Å². The van der Waals surface area contributed by atoms with Gasteiger partial charge >= 0.3 is 0 Å². The van der Waals surface area contributed by atoms with Gasteiger partial charge in [-0.15, -0.1) is 0 Å². The molecule has 19 heavy (non-hydrogen) atoms. The minimum Gasteiger partial charge on any atom is -0.493 e. The van der Waals surface area contributed by atoms with Crippen molar-refractivity contribution in [2.45, 2.75) is 58.5 Å². The van der Waals surface area contributed by atoms with Gasteiger partial charge in [-0.3, -0.25) is 4.68 Å². The SMILES string of the molecule is COc1cnn(C(C)C)c1C(N)C1CCC(C)CC1. The molecule has 4 nitrogen and oxygen atoms in total. The first-order chi connectivity index (χ1) is 9.04. The summed E-state index contributed by atoms with van der Waals surface area (Å²) in [5, 5.41) is 4.43. The van der Waals surface area contributed by atoms with E-state index in [4.69, 9.17) is 10.5 Å². The Morgan fingerprint density at radius 3 is 2.47 bits per heavy atom. The quantitative estimate of drug-likeness (QED) is 0.908. The lowest BCUT2D eigenvalue weighted by atomic mass is 9.78. The smallest absolute Gasteiger partial charge is 0.161 e. The van der Waals surface area contributed by atoms with E-state index >= 15 is 0 Å². The average molecular weight is 265 g/mol. The number of nitrogens with zero attached hydrogens (tertiary/aromatic N) is 2. The molecule has 2 rings (SSSR count). The molecule has 1 unspecified atom stereocenters. The van der Waals surface area contributed by atoms with E-state index in [1.807, 2.05) is 4.68 Å². The summed E-state index contributed by atoms with van der Waals surface area (Å²) >= 11 is 0. The average Bonchev–Trinajstić information content (AvgIpc) is 2.82. The first kappa shape index (κ1) is 14.4. The second-order valence-electron chi connectivity index (χ2n) is 6.18. The van der Waals surface area contributed by atoms with Crippen LogP contribution in [0.25, 0.3) is 0 Å². The van der Waals surface area contributed by atoms with Crippen molar-refractivity contribution < 1.29 is 4.74 Å². The molecular formula is C15H27N3O. The Kier molecular flexibility index (Phi) is 4.50. The zero-order valence-electron chi connectivity index (χ0n) is 12.6. The first-order valence-corrected chi connectivity index (χ1v) is 7.41. The largest absolute Gasteiger partial charge is 0.493 e. The van der Waals surface area contributed by atoms with Crippen LogP contribution >= 0.6 is 0 Å². The number of hydrogen-bond donors (Lipinski definition) is 1. The van der Waals surface area contributed by atoms with Crippen LogP contribution in [-0.2, 0) is 0 Å². The predicted molar refractivity (Wildman–Crippen MR) is 77.2 cm³/mol. The van der Waals surface area contributed by atoms with E-state index in [1.165, 1.54) is 25.7 Å². The van der Waals surface area contributed by atoms with E-state index in [-0.39, 0.29) is 6.04 Å². The van der Waals surface area contributed by atoms with Gasteiger partial charge in [0.1, 0.15) is 0 Å². The van der Waals surface area contributed by atoms with Crippen molar-refractivity contribution >= 4 is 0 Å². The lowest BCUT2D eigenvalue weighted by molar-refractivity contribution is 0.244. The third kappa shape index (κ3) is 2.94. The summed E-state index contributed by atoms with van der Waals surface area (Å²) in [5.74, 6) is 2.24. The van der Waals surface area contributed by atoms with Crippen molar-refractivity contribution in [2.24, 2.45) is 17.6 Å². The van der Waals surface area contributed by atoms with Gasteiger partial charge in [0.25, 0.3) is 0 Å². The molecule has 0 radical (unpaired) electrons. The van der Waals surface area contributed by atoms with Gasteiger partial charge in [0.15, 0.2) is 5.75 Å². The maximum atomic E-state index is 6.53. The molecular weight excluding hydrogens is 238 g/mol. The number of ether oxygens (including phenoxy) is 1. The first-order valence-electron chi connectivity index (χ1n) is 7.41. The highest BCUT2D eigenvalue weighted by molar-refractivity contribution is 5.29. The zero-order chi connectivity index (χ0) is 14.0. The molecule has 1 aliphatic carbocycles. The van der Waals surface area contributed by atoms with E-state index in [9.17, 15) is 0 Å². The molecule has 1 aromatic rings. The van der Waals surface area contributed by atoms with Crippen LogP contribution in [0.5, 0.6) is 5.75 Å². The lowest BCUT2D eigenvalue weighted by Gasteiger charge is -2.31. The molecule has 1 saturated carbocycles. The Bertz CT molecular complexity index is 406. The summed E-state index contributed by atoms with van der Waals surface area (Å²) in [6.45, 7) is 6.60. The van der Waals surface area contributed by atoms with Crippen LogP contribution in [0.4, 0.5) is 0 Å². The predicted octanol–water partition coefficient (Wildman–Crippen LogP) is 3.30. The molecule has 0 aromatic carbocycles. The van der Waals surface area contributed by atoms with E-state index < -0.39 is 0 Å². The van der Waals surface area contributed by atoms with Gasteiger partial charge in [-0.1, -0.05) is 19.8 Å². The van der Waals surface area contributed by atoms with Crippen LogP contribution in [0.2, 0.25) is 0 Å². The van der Waals surface area contributed by atoms with Gasteiger partial charge in [-0.25, -0.2) is 0 Å². The molecule has 0 spiro atoms.